The van der Waals surface area contributed by atoms with Gasteiger partial charge < -0.3 is 15.8 Å². The molecule has 4 nitrogen and oxygen atoms in total. The largest absolute Gasteiger partial charge is 0.481 e. The topological polar surface area (TPSA) is 79.1 Å². The molecule has 4 N–H and O–H groups in total. The molecule has 1 aromatic heterocycles. The van der Waals surface area contributed by atoms with E-state index in [2.05, 4.69) is 4.98 Å². The summed E-state index contributed by atoms with van der Waals surface area (Å²) in [5.74, 6) is -1.67. The lowest BCUT2D eigenvalue weighted by molar-refractivity contribution is -0.138. The summed E-state index contributed by atoms with van der Waals surface area (Å²) in [5.41, 5.74) is 6.92. The van der Waals surface area contributed by atoms with Crippen LogP contribution < -0.4 is 5.73 Å². The highest BCUT2D eigenvalue weighted by Crippen LogP contribution is 2.31. The zero-order chi connectivity index (χ0) is 11.7. The number of aromatic amines is 1. The number of nitrogens with two attached hydrogens (primary N) is 1. The van der Waals surface area contributed by atoms with E-state index in [0.29, 0.717) is 10.6 Å². The molecule has 0 saturated carbocycles. The number of halogens is 1. The van der Waals surface area contributed by atoms with E-state index in [1.807, 2.05) is 12.1 Å². The van der Waals surface area contributed by atoms with Crippen LogP contribution in [0.25, 0.3) is 10.9 Å². The first kappa shape index (κ1) is 11.0. The lowest BCUT2D eigenvalue weighted by atomic mass is 9.99. The van der Waals surface area contributed by atoms with Gasteiger partial charge in [-0.15, -0.1) is 0 Å². The predicted octanol–water partition coefficient (Wildman–Crippen LogP) is 1.95. The molecule has 5 heteroatoms. The van der Waals surface area contributed by atoms with E-state index < -0.39 is 11.9 Å². The first-order chi connectivity index (χ1) is 7.65. The number of fused-ring (bicyclic) bond motifs is 1. The average molecular weight is 239 g/mol. The van der Waals surface area contributed by atoms with Gasteiger partial charge in [0.25, 0.3) is 0 Å². The Hall–Kier alpha value is -1.52. The van der Waals surface area contributed by atoms with Crippen molar-refractivity contribution >= 4 is 28.5 Å². The number of carbonyl (C=O) groups is 1. The molecule has 0 aliphatic rings. The molecule has 0 spiro atoms. The van der Waals surface area contributed by atoms with Crippen LogP contribution >= 0.6 is 11.6 Å². The third kappa shape index (κ3) is 1.66. The Bertz CT molecular complexity index is 536. The zero-order valence-corrected chi connectivity index (χ0v) is 9.16. The van der Waals surface area contributed by atoms with Crippen molar-refractivity contribution in [1.82, 2.24) is 4.98 Å². The summed E-state index contributed by atoms with van der Waals surface area (Å²) in [7, 11) is 0. The third-order valence-corrected chi connectivity index (χ3v) is 2.91. The lowest BCUT2D eigenvalue weighted by Gasteiger charge is -2.08. The third-order valence-electron chi connectivity index (χ3n) is 2.59. The maximum absolute atomic E-state index is 11.0. The van der Waals surface area contributed by atoms with E-state index in [1.54, 1.807) is 12.3 Å². The van der Waals surface area contributed by atoms with Crippen LogP contribution in [0.2, 0.25) is 5.02 Å². The molecular weight excluding hydrogens is 228 g/mol. The second-order valence-corrected chi connectivity index (χ2v) is 3.94. The minimum absolute atomic E-state index is 0.0491. The van der Waals surface area contributed by atoms with Crippen molar-refractivity contribution in [3.8, 4) is 0 Å². The quantitative estimate of drug-likeness (QED) is 0.765. The van der Waals surface area contributed by atoms with Crippen LogP contribution in [0.1, 0.15) is 11.5 Å². The molecule has 0 aliphatic carbocycles. The predicted molar refractivity (Wildman–Crippen MR) is 62.7 cm³/mol. The maximum atomic E-state index is 11.0. The van der Waals surface area contributed by atoms with E-state index >= 15 is 0 Å². The number of carboxylic acid groups (broad SMARTS) is 1. The Kier molecular flexibility index (Phi) is 2.85. The van der Waals surface area contributed by atoms with Crippen molar-refractivity contribution in [3.05, 3.63) is 35.0 Å². The number of carboxylic acids is 1. The Morgan fingerprint density at radius 3 is 2.94 bits per heavy atom. The van der Waals surface area contributed by atoms with E-state index in [4.69, 9.17) is 22.4 Å². The van der Waals surface area contributed by atoms with Gasteiger partial charge in [0.15, 0.2) is 0 Å². The minimum atomic E-state index is -0.941. The summed E-state index contributed by atoms with van der Waals surface area (Å²) in [4.78, 5) is 14.0. The molecule has 0 fully saturated rings. The van der Waals surface area contributed by atoms with Crippen LogP contribution in [-0.2, 0) is 4.79 Å². The highest BCUT2D eigenvalue weighted by molar-refractivity contribution is 6.35. The molecular formula is C11H11ClN2O2. The second kappa shape index (κ2) is 4.15. The van der Waals surface area contributed by atoms with E-state index in [9.17, 15) is 4.79 Å². The van der Waals surface area contributed by atoms with Crippen molar-refractivity contribution in [2.75, 3.05) is 6.54 Å². The Morgan fingerprint density at radius 1 is 1.56 bits per heavy atom. The zero-order valence-electron chi connectivity index (χ0n) is 8.40. The normalized spacial score (nSPS) is 12.9. The van der Waals surface area contributed by atoms with Crippen LogP contribution in [0, 0.1) is 0 Å². The van der Waals surface area contributed by atoms with Gasteiger partial charge in [0.05, 0.1) is 10.9 Å². The van der Waals surface area contributed by atoms with Gasteiger partial charge in [-0.05, 0) is 17.7 Å². The van der Waals surface area contributed by atoms with Crippen molar-refractivity contribution in [1.29, 1.82) is 0 Å². The maximum Gasteiger partial charge on any atom is 0.312 e. The molecule has 0 amide bonds. The summed E-state index contributed by atoms with van der Waals surface area (Å²) in [6, 6.07) is 5.39. The van der Waals surface area contributed by atoms with Gasteiger partial charge in [-0.1, -0.05) is 17.7 Å². The fourth-order valence-corrected chi connectivity index (χ4v) is 2.08. The van der Waals surface area contributed by atoms with Gasteiger partial charge in [0, 0.05) is 23.6 Å². The number of aromatic nitrogens is 1. The van der Waals surface area contributed by atoms with Crippen LogP contribution in [0.3, 0.4) is 0 Å². The second-order valence-electron chi connectivity index (χ2n) is 3.53. The van der Waals surface area contributed by atoms with Crippen molar-refractivity contribution in [2.24, 2.45) is 5.73 Å². The van der Waals surface area contributed by atoms with Gasteiger partial charge in [-0.25, -0.2) is 0 Å². The molecule has 0 saturated heterocycles. The number of H-pyrrole nitrogens is 1. The first-order valence-corrected chi connectivity index (χ1v) is 5.21. The van der Waals surface area contributed by atoms with E-state index in [1.165, 1.54) is 0 Å². The molecule has 1 unspecified atom stereocenters. The smallest absolute Gasteiger partial charge is 0.312 e. The fraction of sp³-hybridized carbons (Fsp3) is 0.182. The van der Waals surface area contributed by atoms with Gasteiger partial charge >= 0.3 is 5.97 Å². The highest BCUT2D eigenvalue weighted by Gasteiger charge is 2.22. The molecule has 1 atom stereocenters. The highest BCUT2D eigenvalue weighted by atomic mass is 35.5. The van der Waals surface area contributed by atoms with Gasteiger partial charge in [-0.3, -0.25) is 4.79 Å². The van der Waals surface area contributed by atoms with Gasteiger partial charge in [0.2, 0.25) is 0 Å². The van der Waals surface area contributed by atoms with E-state index in [-0.39, 0.29) is 6.54 Å². The molecule has 1 heterocycles. The Balaban J connectivity index is 2.65. The fourth-order valence-electron chi connectivity index (χ4n) is 1.80. The van der Waals surface area contributed by atoms with Crippen molar-refractivity contribution < 1.29 is 9.90 Å². The molecule has 0 bridgehead atoms. The van der Waals surface area contributed by atoms with Crippen LogP contribution in [0.5, 0.6) is 0 Å². The lowest BCUT2D eigenvalue weighted by Crippen LogP contribution is -2.20. The number of hydrogen-bond acceptors (Lipinski definition) is 2. The first-order valence-electron chi connectivity index (χ1n) is 4.83. The minimum Gasteiger partial charge on any atom is -0.481 e. The number of aliphatic carboxylic acids is 1. The standard InChI is InChI=1S/C11H11ClN2O2/c12-8-2-1-3-9-10(8)7(5-14-9)6(4-13)11(15)16/h1-3,5-6,14H,4,13H2,(H,15,16). The summed E-state index contributed by atoms with van der Waals surface area (Å²) < 4.78 is 0. The van der Waals surface area contributed by atoms with Crippen molar-refractivity contribution in [2.45, 2.75) is 5.92 Å². The molecule has 84 valence electrons. The van der Waals surface area contributed by atoms with Gasteiger partial charge in [-0.2, -0.15) is 0 Å². The van der Waals surface area contributed by atoms with Crippen molar-refractivity contribution in [3.63, 3.8) is 0 Å². The van der Waals surface area contributed by atoms with Gasteiger partial charge in [0.1, 0.15) is 0 Å². The molecule has 1 aromatic carbocycles. The SMILES string of the molecule is NCC(C(=O)O)c1c[nH]c2cccc(Cl)c12. The summed E-state index contributed by atoms with van der Waals surface area (Å²) >= 11 is 6.06. The van der Waals surface area contributed by atoms with Crippen LogP contribution in [0.15, 0.2) is 24.4 Å². The summed E-state index contributed by atoms with van der Waals surface area (Å²) in [6.07, 6.45) is 1.65. The number of nitrogens with one attached hydrogen (secondary N) is 1. The molecule has 2 aromatic rings. The number of hydrogen-bond donors (Lipinski definition) is 3. The average Bonchev–Trinajstić information content (AvgIpc) is 2.64. The molecule has 2 rings (SSSR count). The van der Waals surface area contributed by atoms with Crippen LogP contribution in [0.4, 0.5) is 0 Å². The molecule has 0 aliphatic heterocycles. The number of benzene rings is 1. The number of rotatable bonds is 3. The Morgan fingerprint density at radius 2 is 2.31 bits per heavy atom. The molecule has 16 heavy (non-hydrogen) atoms. The Labute approximate surface area is 97.0 Å². The molecule has 0 radical (unpaired) electrons. The monoisotopic (exact) mass is 238 g/mol. The van der Waals surface area contributed by atoms with Crippen LogP contribution in [-0.4, -0.2) is 22.6 Å². The summed E-state index contributed by atoms with van der Waals surface area (Å²) in [5, 5.41) is 10.3. The summed E-state index contributed by atoms with van der Waals surface area (Å²) in [6.45, 7) is 0.0491. The van der Waals surface area contributed by atoms with E-state index in [0.717, 1.165) is 10.9 Å².